The molecule has 2 heterocycles. The molecule has 0 bridgehead atoms. The summed E-state index contributed by atoms with van der Waals surface area (Å²) in [5.41, 5.74) is 2.49. The summed E-state index contributed by atoms with van der Waals surface area (Å²) in [6.45, 7) is 2.73. The van der Waals surface area contributed by atoms with Gasteiger partial charge >= 0.3 is 5.97 Å². The fourth-order valence-electron chi connectivity index (χ4n) is 3.37. The van der Waals surface area contributed by atoms with Crippen molar-refractivity contribution in [1.82, 2.24) is 0 Å². The van der Waals surface area contributed by atoms with E-state index in [0.29, 0.717) is 17.8 Å². The van der Waals surface area contributed by atoms with E-state index in [1.165, 1.54) is 0 Å². The van der Waals surface area contributed by atoms with Crippen LogP contribution >= 0.6 is 11.3 Å². The molecule has 6 heteroatoms. The Hall–Kier alpha value is -2.99. The zero-order valence-electron chi connectivity index (χ0n) is 14.8. The van der Waals surface area contributed by atoms with Crippen molar-refractivity contribution in [3.8, 4) is 0 Å². The van der Waals surface area contributed by atoms with Gasteiger partial charge in [0.15, 0.2) is 0 Å². The number of aliphatic imine (C=N–C) groups is 1. The highest BCUT2D eigenvalue weighted by Crippen LogP contribution is 2.41. The number of benzene rings is 2. The number of fused-ring (bicyclic) bond motifs is 3. The van der Waals surface area contributed by atoms with Crippen LogP contribution in [0.25, 0.3) is 10.1 Å². The molecule has 0 spiro atoms. The van der Waals surface area contributed by atoms with Gasteiger partial charge in [0, 0.05) is 22.2 Å². The van der Waals surface area contributed by atoms with Gasteiger partial charge in [0.25, 0.3) is 0 Å². The standard InChI is InChI=1S/C21H18N2O3S/c1-2-10-23-17(24)12-22-18(13-6-5-7-14(11-13)21(25)26)20-19(23)15-8-3-4-9-16(15)27-20/h3-9,11H,2,10,12H2,1H3,(H,25,26). The first-order valence-corrected chi connectivity index (χ1v) is 9.62. The highest BCUT2D eigenvalue weighted by molar-refractivity contribution is 7.22. The quantitative estimate of drug-likeness (QED) is 0.740. The number of carbonyl (C=O) groups excluding carboxylic acids is 1. The molecule has 0 saturated heterocycles. The predicted octanol–water partition coefficient (Wildman–Crippen LogP) is 4.19. The van der Waals surface area contributed by atoms with Crippen molar-refractivity contribution in [2.75, 3.05) is 18.0 Å². The number of rotatable bonds is 4. The van der Waals surface area contributed by atoms with Gasteiger partial charge < -0.3 is 10.0 Å². The van der Waals surface area contributed by atoms with E-state index >= 15 is 0 Å². The number of carboxylic acids is 1. The number of aromatic carboxylic acids is 1. The van der Waals surface area contributed by atoms with E-state index in [1.807, 2.05) is 42.2 Å². The van der Waals surface area contributed by atoms with Crippen molar-refractivity contribution in [1.29, 1.82) is 0 Å². The minimum Gasteiger partial charge on any atom is -0.478 e. The number of nitrogens with zero attached hydrogens (tertiary/aromatic N) is 2. The van der Waals surface area contributed by atoms with Gasteiger partial charge in [-0.15, -0.1) is 11.3 Å². The molecule has 1 amide bonds. The fraction of sp³-hybridized carbons (Fsp3) is 0.190. The zero-order valence-corrected chi connectivity index (χ0v) is 15.6. The Kier molecular flexibility index (Phi) is 4.49. The van der Waals surface area contributed by atoms with Crippen molar-refractivity contribution >= 4 is 44.7 Å². The third-order valence-electron chi connectivity index (χ3n) is 4.56. The summed E-state index contributed by atoms with van der Waals surface area (Å²) in [5.74, 6) is -1.02. The van der Waals surface area contributed by atoms with E-state index in [2.05, 4.69) is 4.99 Å². The minimum absolute atomic E-state index is 0.0361. The van der Waals surface area contributed by atoms with E-state index in [0.717, 1.165) is 27.1 Å². The summed E-state index contributed by atoms with van der Waals surface area (Å²) < 4.78 is 1.08. The summed E-state index contributed by atoms with van der Waals surface area (Å²) in [6.07, 6.45) is 0.846. The molecule has 0 unspecified atom stereocenters. The summed E-state index contributed by atoms with van der Waals surface area (Å²) in [7, 11) is 0. The van der Waals surface area contributed by atoms with Crippen LogP contribution in [0.15, 0.2) is 53.5 Å². The predicted molar refractivity (Wildman–Crippen MR) is 108 cm³/mol. The molecule has 1 N–H and O–H groups in total. The average molecular weight is 378 g/mol. The third-order valence-corrected chi connectivity index (χ3v) is 5.72. The lowest BCUT2D eigenvalue weighted by Gasteiger charge is -2.21. The van der Waals surface area contributed by atoms with Gasteiger partial charge in [-0.05, 0) is 24.6 Å². The van der Waals surface area contributed by atoms with Crippen molar-refractivity contribution in [3.05, 3.63) is 64.5 Å². The molecule has 0 atom stereocenters. The van der Waals surface area contributed by atoms with Crippen LogP contribution in [0.2, 0.25) is 0 Å². The van der Waals surface area contributed by atoms with Crippen LogP contribution in [0.1, 0.15) is 34.1 Å². The third kappa shape index (κ3) is 3.02. The van der Waals surface area contributed by atoms with Gasteiger partial charge in [-0.3, -0.25) is 9.79 Å². The van der Waals surface area contributed by atoms with Crippen molar-refractivity contribution < 1.29 is 14.7 Å². The van der Waals surface area contributed by atoms with Gasteiger partial charge in [-0.1, -0.05) is 37.3 Å². The average Bonchev–Trinajstić information content (AvgIpc) is 2.99. The summed E-state index contributed by atoms with van der Waals surface area (Å²) in [5, 5.41) is 10.4. The number of amides is 1. The maximum Gasteiger partial charge on any atom is 0.335 e. The number of carbonyl (C=O) groups is 2. The first-order valence-electron chi connectivity index (χ1n) is 8.80. The van der Waals surface area contributed by atoms with Crippen LogP contribution in [0, 0.1) is 0 Å². The second-order valence-corrected chi connectivity index (χ2v) is 7.42. The number of thiophene rings is 1. The Labute approximate surface area is 160 Å². The van der Waals surface area contributed by atoms with Crippen LogP contribution in [0.4, 0.5) is 5.69 Å². The maximum atomic E-state index is 12.8. The molecule has 0 fully saturated rings. The molecular formula is C21H18N2O3S. The highest BCUT2D eigenvalue weighted by atomic mass is 32.1. The molecule has 136 valence electrons. The van der Waals surface area contributed by atoms with Crippen molar-refractivity contribution in [2.45, 2.75) is 13.3 Å². The lowest BCUT2D eigenvalue weighted by atomic mass is 10.0. The second kappa shape index (κ2) is 6.96. The normalized spacial score (nSPS) is 14.0. The smallest absolute Gasteiger partial charge is 0.335 e. The maximum absolute atomic E-state index is 12.8. The number of anilines is 1. The molecule has 0 radical (unpaired) electrons. The zero-order chi connectivity index (χ0) is 19.0. The number of carboxylic acid groups (broad SMARTS) is 1. The summed E-state index contributed by atoms with van der Waals surface area (Å²) in [4.78, 5) is 31.5. The minimum atomic E-state index is -0.980. The SMILES string of the molecule is CCCN1C(=O)CN=C(c2cccc(C(=O)O)c2)c2sc3ccccc3c21. The van der Waals surface area contributed by atoms with E-state index in [4.69, 9.17) is 0 Å². The van der Waals surface area contributed by atoms with E-state index in [1.54, 1.807) is 29.5 Å². The lowest BCUT2D eigenvalue weighted by Crippen LogP contribution is -2.32. The van der Waals surface area contributed by atoms with Gasteiger partial charge in [0.1, 0.15) is 6.54 Å². The Morgan fingerprint density at radius 3 is 2.81 bits per heavy atom. The molecule has 1 aromatic heterocycles. The molecule has 1 aliphatic rings. The highest BCUT2D eigenvalue weighted by Gasteiger charge is 2.29. The fourth-order valence-corrected chi connectivity index (χ4v) is 4.61. The Morgan fingerprint density at radius 2 is 2.04 bits per heavy atom. The molecule has 3 aromatic rings. The van der Waals surface area contributed by atoms with E-state index < -0.39 is 5.97 Å². The molecule has 27 heavy (non-hydrogen) atoms. The van der Waals surface area contributed by atoms with Crippen LogP contribution in [0.5, 0.6) is 0 Å². The summed E-state index contributed by atoms with van der Waals surface area (Å²) >= 11 is 1.59. The topological polar surface area (TPSA) is 70.0 Å². The molecule has 0 saturated carbocycles. The van der Waals surface area contributed by atoms with Crippen LogP contribution in [-0.4, -0.2) is 35.8 Å². The Balaban J connectivity index is 1.97. The molecule has 2 aromatic carbocycles. The first-order chi connectivity index (χ1) is 13.1. The van der Waals surface area contributed by atoms with Gasteiger partial charge in [0.05, 0.1) is 21.8 Å². The largest absolute Gasteiger partial charge is 0.478 e. The monoisotopic (exact) mass is 378 g/mol. The van der Waals surface area contributed by atoms with Crippen LogP contribution in [0.3, 0.4) is 0 Å². The Bertz CT molecular complexity index is 1080. The van der Waals surface area contributed by atoms with Crippen molar-refractivity contribution in [3.63, 3.8) is 0 Å². The number of hydrogen-bond acceptors (Lipinski definition) is 4. The van der Waals surface area contributed by atoms with E-state index in [-0.39, 0.29) is 18.0 Å². The first kappa shape index (κ1) is 17.4. The van der Waals surface area contributed by atoms with Gasteiger partial charge in [0.2, 0.25) is 5.91 Å². The molecule has 0 aliphatic carbocycles. The second-order valence-electron chi connectivity index (χ2n) is 6.37. The van der Waals surface area contributed by atoms with Gasteiger partial charge in [-0.2, -0.15) is 0 Å². The van der Waals surface area contributed by atoms with Crippen LogP contribution < -0.4 is 4.90 Å². The van der Waals surface area contributed by atoms with Crippen molar-refractivity contribution in [2.24, 2.45) is 4.99 Å². The summed E-state index contributed by atoms with van der Waals surface area (Å²) in [6, 6.07) is 14.7. The van der Waals surface area contributed by atoms with Gasteiger partial charge in [-0.25, -0.2) is 4.79 Å². The molecular weight excluding hydrogens is 360 g/mol. The Morgan fingerprint density at radius 1 is 1.22 bits per heavy atom. The number of hydrogen-bond donors (Lipinski definition) is 1. The molecule has 4 rings (SSSR count). The lowest BCUT2D eigenvalue weighted by molar-refractivity contribution is -0.117. The molecule has 1 aliphatic heterocycles. The van der Waals surface area contributed by atoms with E-state index in [9.17, 15) is 14.7 Å². The molecule has 5 nitrogen and oxygen atoms in total. The van der Waals surface area contributed by atoms with Crippen LogP contribution in [-0.2, 0) is 4.79 Å².